The fraction of sp³-hybridized carbons (Fsp3) is 0.438. The number of aldehydes is 1. The maximum atomic E-state index is 10.8. The summed E-state index contributed by atoms with van der Waals surface area (Å²) in [7, 11) is 1.60. The van der Waals surface area contributed by atoms with Crippen molar-refractivity contribution in [3.63, 3.8) is 0 Å². The number of thiazole rings is 2. The third kappa shape index (κ3) is 4.09. The van der Waals surface area contributed by atoms with E-state index in [0.717, 1.165) is 27.7 Å². The van der Waals surface area contributed by atoms with Crippen molar-refractivity contribution in [1.29, 1.82) is 0 Å². The van der Waals surface area contributed by atoms with Gasteiger partial charge in [-0.25, -0.2) is 9.97 Å². The molecule has 22 heavy (non-hydrogen) atoms. The van der Waals surface area contributed by atoms with E-state index in [1.165, 1.54) is 0 Å². The number of nitrogens with zero attached hydrogens (tertiary/aromatic N) is 2. The van der Waals surface area contributed by atoms with E-state index in [2.05, 4.69) is 23.8 Å². The Morgan fingerprint density at radius 1 is 1.18 bits per heavy atom. The van der Waals surface area contributed by atoms with Crippen LogP contribution in [0.5, 0.6) is 0 Å². The second-order valence-corrected chi connectivity index (χ2v) is 7.11. The number of methoxy groups -OCH3 is 1. The van der Waals surface area contributed by atoms with Crippen molar-refractivity contribution in [2.45, 2.75) is 32.8 Å². The van der Waals surface area contributed by atoms with Gasteiger partial charge in [-0.05, 0) is 6.08 Å². The highest BCUT2D eigenvalue weighted by Gasteiger charge is 2.13. The largest absolute Gasteiger partial charge is 0.377 e. The summed E-state index contributed by atoms with van der Waals surface area (Å²) in [6, 6.07) is 0. The van der Waals surface area contributed by atoms with E-state index in [9.17, 15) is 4.79 Å². The standard InChI is InChI=1S/C16H20N2O2S2/c1-10(2)15-18-13(9-22-15)16-17-12(8-21-16)5-6-14(20-4)11(3)7-19/h5-11,14H,1-4H3/b6-5+/t11-,14-/m0/s1. The average Bonchev–Trinajstić information content (AvgIpc) is 3.16. The predicted octanol–water partition coefficient (Wildman–Crippen LogP) is 4.25. The predicted molar refractivity (Wildman–Crippen MR) is 92.4 cm³/mol. The van der Waals surface area contributed by atoms with Gasteiger partial charge in [0.15, 0.2) is 0 Å². The number of rotatable bonds is 7. The number of hydrogen-bond donors (Lipinski definition) is 0. The van der Waals surface area contributed by atoms with Gasteiger partial charge >= 0.3 is 0 Å². The van der Waals surface area contributed by atoms with Crippen LogP contribution in [0, 0.1) is 5.92 Å². The number of ether oxygens (including phenoxy) is 1. The highest BCUT2D eigenvalue weighted by atomic mass is 32.1. The first kappa shape index (κ1) is 17.0. The van der Waals surface area contributed by atoms with Crippen molar-refractivity contribution in [3.8, 4) is 10.7 Å². The van der Waals surface area contributed by atoms with Crippen LogP contribution in [0.3, 0.4) is 0 Å². The van der Waals surface area contributed by atoms with Gasteiger partial charge in [0.05, 0.1) is 16.8 Å². The molecule has 0 fully saturated rings. The van der Waals surface area contributed by atoms with Gasteiger partial charge in [0.2, 0.25) is 0 Å². The maximum absolute atomic E-state index is 10.8. The first-order chi connectivity index (χ1) is 10.5. The van der Waals surface area contributed by atoms with Crippen molar-refractivity contribution in [1.82, 2.24) is 9.97 Å². The van der Waals surface area contributed by atoms with Crippen LogP contribution < -0.4 is 0 Å². The number of carbonyl (C=O) groups is 1. The van der Waals surface area contributed by atoms with Gasteiger partial charge in [0.25, 0.3) is 0 Å². The van der Waals surface area contributed by atoms with E-state index in [1.54, 1.807) is 29.8 Å². The fourth-order valence-electron chi connectivity index (χ4n) is 1.87. The normalized spacial score (nSPS) is 14.6. The summed E-state index contributed by atoms with van der Waals surface area (Å²) in [6.45, 7) is 6.11. The van der Waals surface area contributed by atoms with Crippen molar-refractivity contribution >= 4 is 35.0 Å². The van der Waals surface area contributed by atoms with Crippen molar-refractivity contribution in [3.05, 3.63) is 27.5 Å². The van der Waals surface area contributed by atoms with E-state index in [0.29, 0.717) is 5.92 Å². The molecule has 2 aromatic rings. The first-order valence-corrected chi connectivity index (χ1v) is 8.88. The summed E-state index contributed by atoms with van der Waals surface area (Å²) in [4.78, 5) is 20.0. The lowest BCUT2D eigenvalue weighted by Gasteiger charge is -2.12. The molecule has 0 unspecified atom stereocenters. The van der Waals surface area contributed by atoms with Crippen molar-refractivity contribution < 1.29 is 9.53 Å². The molecule has 0 saturated heterocycles. The summed E-state index contributed by atoms with van der Waals surface area (Å²) in [6.07, 6.45) is 4.44. The molecule has 0 N–H and O–H groups in total. The van der Waals surface area contributed by atoms with Gasteiger partial charge in [-0.3, -0.25) is 0 Å². The van der Waals surface area contributed by atoms with Gasteiger partial charge in [-0.15, -0.1) is 22.7 Å². The molecular weight excluding hydrogens is 316 g/mol. The monoisotopic (exact) mass is 336 g/mol. The molecule has 0 radical (unpaired) electrons. The van der Waals surface area contributed by atoms with E-state index in [-0.39, 0.29) is 12.0 Å². The first-order valence-electron chi connectivity index (χ1n) is 7.12. The Labute approximate surface area is 138 Å². The lowest BCUT2D eigenvalue weighted by molar-refractivity contribution is -0.113. The summed E-state index contributed by atoms with van der Waals surface area (Å²) < 4.78 is 5.29. The third-order valence-corrected chi connectivity index (χ3v) is 5.25. The minimum absolute atomic E-state index is 0.175. The van der Waals surface area contributed by atoms with Crippen LogP contribution in [0.25, 0.3) is 16.8 Å². The Balaban J connectivity index is 2.12. The number of hydrogen-bond acceptors (Lipinski definition) is 6. The van der Waals surface area contributed by atoms with Gasteiger partial charge in [0.1, 0.15) is 17.0 Å². The van der Waals surface area contributed by atoms with Crippen LogP contribution in [0.4, 0.5) is 0 Å². The van der Waals surface area contributed by atoms with Crippen LogP contribution in [0.15, 0.2) is 16.8 Å². The van der Waals surface area contributed by atoms with Crippen LogP contribution in [-0.2, 0) is 9.53 Å². The molecule has 6 heteroatoms. The molecule has 2 atom stereocenters. The quantitative estimate of drug-likeness (QED) is 0.709. The Morgan fingerprint density at radius 3 is 2.55 bits per heavy atom. The molecule has 0 amide bonds. The zero-order valence-corrected chi connectivity index (χ0v) is 14.8. The van der Waals surface area contributed by atoms with E-state index >= 15 is 0 Å². The minimum atomic E-state index is -0.227. The lowest BCUT2D eigenvalue weighted by Crippen LogP contribution is -2.18. The van der Waals surface area contributed by atoms with Crippen molar-refractivity contribution in [2.24, 2.45) is 5.92 Å². The summed E-state index contributed by atoms with van der Waals surface area (Å²) in [5.74, 6) is 0.261. The van der Waals surface area contributed by atoms with Crippen LogP contribution >= 0.6 is 22.7 Å². The fourth-order valence-corrected chi connectivity index (χ4v) is 3.51. The third-order valence-electron chi connectivity index (χ3n) is 3.22. The molecule has 2 aromatic heterocycles. The summed E-state index contributed by atoms with van der Waals surface area (Å²) >= 11 is 3.24. The molecule has 2 rings (SSSR count). The summed E-state index contributed by atoms with van der Waals surface area (Å²) in [5, 5.41) is 6.08. The van der Waals surface area contributed by atoms with E-state index < -0.39 is 0 Å². The molecular formula is C16H20N2O2S2. The highest BCUT2D eigenvalue weighted by molar-refractivity contribution is 7.14. The number of aromatic nitrogens is 2. The SMILES string of the molecule is CO[C@@H](/C=C/c1csc(-c2csc(C(C)C)n2)n1)[C@@H](C)C=O. The average molecular weight is 336 g/mol. The zero-order chi connectivity index (χ0) is 16.1. The summed E-state index contributed by atoms with van der Waals surface area (Å²) in [5.41, 5.74) is 1.79. The highest BCUT2D eigenvalue weighted by Crippen LogP contribution is 2.28. The second-order valence-electron chi connectivity index (χ2n) is 5.36. The Bertz CT molecular complexity index is 646. The van der Waals surface area contributed by atoms with Gasteiger partial charge in [0, 0.05) is 29.7 Å². The van der Waals surface area contributed by atoms with E-state index in [1.807, 2.05) is 29.8 Å². The Hall–Kier alpha value is -1.37. The molecule has 2 heterocycles. The molecule has 0 aliphatic carbocycles. The maximum Gasteiger partial charge on any atom is 0.143 e. The van der Waals surface area contributed by atoms with Crippen LogP contribution in [-0.4, -0.2) is 29.5 Å². The Kier molecular flexibility index (Phi) is 5.99. The molecule has 0 aliphatic heterocycles. The van der Waals surface area contributed by atoms with Gasteiger partial charge in [-0.2, -0.15) is 0 Å². The molecule has 0 aromatic carbocycles. The van der Waals surface area contributed by atoms with Gasteiger partial charge in [-0.1, -0.05) is 26.8 Å². The Morgan fingerprint density at radius 2 is 1.95 bits per heavy atom. The zero-order valence-electron chi connectivity index (χ0n) is 13.1. The molecule has 4 nitrogen and oxygen atoms in total. The van der Waals surface area contributed by atoms with Crippen LogP contribution in [0.2, 0.25) is 0 Å². The topological polar surface area (TPSA) is 52.1 Å². The van der Waals surface area contributed by atoms with Gasteiger partial charge < -0.3 is 9.53 Å². The minimum Gasteiger partial charge on any atom is -0.377 e. The molecule has 0 aliphatic rings. The smallest absolute Gasteiger partial charge is 0.143 e. The molecule has 0 saturated carbocycles. The molecule has 0 spiro atoms. The second kappa shape index (κ2) is 7.76. The lowest BCUT2D eigenvalue weighted by atomic mass is 10.1. The van der Waals surface area contributed by atoms with E-state index in [4.69, 9.17) is 4.74 Å². The number of carbonyl (C=O) groups excluding carboxylic acids is 1. The molecule has 0 bridgehead atoms. The molecule has 118 valence electrons. The van der Waals surface area contributed by atoms with Crippen LogP contribution in [0.1, 0.15) is 37.4 Å². The van der Waals surface area contributed by atoms with Crippen molar-refractivity contribution in [2.75, 3.05) is 7.11 Å².